The first-order valence-electron chi connectivity index (χ1n) is 6.34. The van der Waals surface area contributed by atoms with Crippen molar-refractivity contribution in [1.82, 2.24) is 4.90 Å². The maximum absolute atomic E-state index is 12.3. The maximum Gasteiger partial charge on any atom is 0.406 e. The van der Waals surface area contributed by atoms with E-state index in [1.165, 1.54) is 0 Å². The Bertz CT molecular complexity index is 244. The summed E-state index contributed by atoms with van der Waals surface area (Å²) in [6, 6.07) is 0. The van der Waals surface area contributed by atoms with Gasteiger partial charge in [-0.05, 0) is 25.3 Å². The molecule has 1 unspecified atom stereocenters. The molecule has 3 nitrogen and oxygen atoms in total. The highest BCUT2D eigenvalue weighted by atomic mass is 19.4. The first-order valence-corrected chi connectivity index (χ1v) is 6.34. The molecule has 0 rings (SSSR count). The van der Waals surface area contributed by atoms with E-state index in [4.69, 9.17) is 5.73 Å². The number of carbonyl (C=O) groups excluding carboxylic acids is 1. The summed E-state index contributed by atoms with van der Waals surface area (Å²) in [5, 5.41) is 0. The minimum absolute atomic E-state index is 0.137. The first-order chi connectivity index (χ1) is 8.30. The van der Waals surface area contributed by atoms with Gasteiger partial charge in [-0.2, -0.15) is 13.2 Å². The summed E-state index contributed by atoms with van der Waals surface area (Å²) in [5.74, 6) is -0.270. The van der Waals surface area contributed by atoms with Crippen LogP contribution in [0.5, 0.6) is 0 Å². The molecule has 0 aromatic heterocycles. The van der Waals surface area contributed by atoms with E-state index in [1.54, 1.807) is 0 Å². The van der Waals surface area contributed by atoms with Crippen LogP contribution in [0.4, 0.5) is 13.2 Å². The normalized spacial score (nSPS) is 13.4. The number of amides is 1. The van der Waals surface area contributed by atoms with Gasteiger partial charge in [-0.1, -0.05) is 20.3 Å². The molecule has 108 valence electrons. The van der Waals surface area contributed by atoms with Crippen LogP contribution in [-0.2, 0) is 4.79 Å². The molecule has 18 heavy (non-hydrogen) atoms. The lowest BCUT2D eigenvalue weighted by Gasteiger charge is -2.24. The van der Waals surface area contributed by atoms with Crippen molar-refractivity contribution in [3.8, 4) is 0 Å². The van der Waals surface area contributed by atoms with Gasteiger partial charge >= 0.3 is 6.18 Å². The van der Waals surface area contributed by atoms with Gasteiger partial charge in [0.05, 0.1) is 0 Å². The molecule has 0 bridgehead atoms. The van der Waals surface area contributed by atoms with E-state index < -0.39 is 18.6 Å². The van der Waals surface area contributed by atoms with E-state index in [2.05, 4.69) is 0 Å². The van der Waals surface area contributed by atoms with Crippen LogP contribution in [0.2, 0.25) is 0 Å². The van der Waals surface area contributed by atoms with Crippen molar-refractivity contribution < 1.29 is 18.0 Å². The largest absolute Gasteiger partial charge is 0.406 e. The average Bonchev–Trinajstić information content (AvgIpc) is 2.29. The summed E-state index contributed by atoms with van der Waals surface area (Å²) in [7, 11) is 0. The molecule has 1 amide bonds. The quantitative estimate of drug-likeness (QED) is 0.735. The standard InChI is InChI=1S/C12H23F3N2O/c1-3-4-7-17(9-12(13,14)15)11(18)6-5-10(2)8-16/h10H,3-9,16H2,1-2H3. The molecule has 6 heteroatoms. The number of halogens is 3. The maximum atomic E-state index is 12.3. The number of nitrogens with two attached hydrogens (primary N) is 1. The van der Waals surface area contributed by atoms with Crippen molar-refractivity contribution >= 4 is 5.91 Å². The predicted molar refractivity (Wildman–Crippen MR) is 65.0 cm³/mol. The monoisotopic (exact) mass is 268 g/mol. The summed E-state index contributed by atoms with van der Waals surface area (Å²) < 4.78 is 37.0. The van der Waals surface area contributed by atoms with Crippen LogP contribution in [0.1, 0.15) is 39.5 Å². The molecular formula is C12H23F3N2O. The molecule has 0 fully saturated rings. The zero-order chi connectivity index (χ0) is 14.2. The lowest BCUT2D eigenvalue weighted by molar-refractivity contribution is -0.161. The molecule has 0 aliphatic rings. The van der Waals surface area contributed by atoms with Crippen LogP contribution in [0.25, 0.3) is 0 Å². The highest BCUT2D eigenvalue weighted by Gasteiger charge is 2.32. The molecule has 0 saturated carbocycles. The molecule has 0 aliphatic heterocycles. The second-order valence-electron chi connectivity index (χ2n) is 4.66. The molecule has 2 N–H and O–H groups in total. The van der Waals surface area contributed by atoms with Crippen molar-refractivity contribution in [1.29, 1.82) is 0 Å². The molecular weight excluding hydrogens is 245 g/mol. The van der Waals surface area contributed by atoms with Gasteiger partial charge in [0.1, 0.15) is 6.54 Å². The van der Waals surface area contributed by atoms with Gasteiger partial charge in [-0.25, -0.2) is 0 Å². The Hall–Kier alpha value is -0.780. The summed E-state index contributed by atoms with van der Waals surface area (Å²) in [6.45, 7) is 3.23. The minimum atomic E-state index is -4.33. The Kier molecular flexibility index (Phi) is 7.98. The van der Waals surface area contributed by atoms with Gasteiger partial charge in [-0.3, -0.25) is 4.79 Å². The van der Waals surface area contributed by atoms with E-state index in [0.29, 0.717) is 19.4 Å². The lowest BCUT2D eigenvalue weighted by Crippen LogP contribution is -2.39. The molecule has 0 aromatic carbocycles. The average molecular weight is 268 g/mol. The number of hydrogen-bond donors (Lipinski definition) is 1. The highest BCUT2D eigenvalue weighted by molar-refractivity contribution is 5.76. The fourth-order valence-electron chi connectivity index (χ4n) is 1.50. The summed E-state index contributed by atoms with van der Waals surface area (Å²) in [6.07, 6.45) is -2.30. The number of carbonyl (C=O) groups is 1. The Balaban J connectivity index is 4.31. The van der Waals surface area contributed by atoms with Crippen LogP contribution >= 0.6 is 0 Å². The molecule has 0 aliphatic carbocycles. The molecule has 0 heterocycles. The predicted octanol–water partition coefficient (Wildman–Crippen LogP) is 2.55. The minimum Gasteiger partial charge on any atom is -0.334 e. The Morgan fingerprint density at radius 1 is 1.39 bits per heavy atom. The zero-order valence-electron chi connectivity index (χ0n) is 11.1. The molecule has 0 aromatic rings. The van der Waals surface area contributed by atoms with Gasteiger partial charge < -0.3 is 10.6 Å². The van der Waals surface area contributed by atoms with Crippen LogP contribution in [-0.4, -0.2) is 36.6 Å². The third-order valence-electron chi connectivity index (χ3n) is 2.76. The highest BCUT2D eigenvalue weighted by Crippen LogP contribution is 2.18. The van der Waals surface area contributed by atoms with Crippen LogP contribution in [0.15, 0.2) is 0 Å². The van der Waals surface area contributed by atoms with Crippen LogP contribution in [0.3, 0.4) is 0 Å². The van der Waals surface area contributed by atoms with E-state index in [0.717, 1.165) is 11.3 Å². The van der Waals surface area contributed by atoms with E-state index in [9.17, 15) is 18.0 Å². The topological polar surface area (TPSA) is 46.3 Å². The summed E-state index contributed by atoms with van der Waals surface area (Å²) in [5.41, 5.74) is 5.41. The Morgan fingerprint density at radius 3 is 2.44 bits per heavy atom. The van der Waals surface area contributed by atoms with Crippen molar-refractivity contribution in [2.45, 2.75) is 45.7 Å². The van der Waals surface area contributed by atoms with Crippen molar-refractivity contribution in [3.05, 3.63) is 0 Å². The van der Waals surface area contributed by atoms with Gasteiger partial charge in [0.15, 0.2) is 0 Å². The number of rotatable bonds is 8. The third kappa shape index (κ3) is 8.33. The summed E-state index contributed by atoms with van der Waals surface area (Å²) >= 11 is 0. The fourth-order valence-corrected chi connectivity index (χ4v) is 1.50. The Morgan fingerprint density at radius 2 is 2.00 bits per heavy atom. The first kappa shape index (κ1) is 17.2. The van der Waals surface area contributed by atoms with E-state index in [-0.39, 0.29) is 18.9 Å². The SMILES string of the molecule is CCCCN(CC(F)(F)F)C(=O)CCC(C)CN. The number of alkyl halides is 3. The molecule has 1 atom stereocenters. The number of hydrogen-bond acceptors (Lipinski definition) is 2. The second kappa shape index (κ2) is 8.34. The lowest BCUT2D eigenvalue weighted by atomic mass is 10.1. The Labute approximate surface area is 107 Å². The third-order valence-corrected chi connectivity index (χ3v) is 2.76. The van der Waals surface area contributed by atoms with Crippen molar-refractivity contribution in [3.63, 3.8) is 0 Å². The van der Waals surface area contributed by atoms with Crippen LogP contribution in [0, 0.1) is 5.92 Å². The number of nitrogens with zero attached hydrogens (tertiary/aromatic N) is 1. The molecule has 0 radical (unpaired) electrons. The van der Waals surface area contributed by atoms with Gasteiger partial charge in [-0.15, -0.1) is 0 Å². The van der Waals surface area contributed by atoms with E-state index >= 15 is 0 Å². The number of unbranched alkanes of at least 4 members (excludes halogenated alkanes) is 1. The van der Waals surface area contributed by atoms with Gasteiger partial charge in [0.2, 0.25) is 5.91 Å². The van der Waals surface area contributed by atoms with Crippen molar-refractivity contribution in [2.24, 2.45) is 11.7 Å². The van der Waals surface area contributed by atoms with Crippen LogP contribution < -0.4 is 5.73 Å². The van der Waals surface area contributed by atoms with Gasteiger partial charge in [0, 0.05) is 13.0 Å². The smallest absolute Gasteiger partial charge is 0.334 e. The molecule has 0 spiro atoms. The zero-order valence-corrected chi connectivity index (χ0v) is 11.1. The van der Waals surface area contributed by atoms with E-state index in [1.807, 2.05) is 13.8 Å². The van der Waals surface area contributed by atoms with Gasteiger partial charge in [0.25, 0.3) is 0 Å². The molecule has 0 saturated heterocycles. The summed E-state index contributed by atoms with van der Waals surface area (Å²) in [4.78, 5) is 12.6. The second-order valence-corrected chi connectivity index (χ2v) is 4.66. The van der Waals surface area contributed by atoms with Crippen molar-refractivity contribution in [2.75, 3.05) is 19.6 Å². The fraction of sp³-hybridized carbons (Fsp3) is 0.917.